The van der Waals surface area contributed by atoms with E-state index in [1.165, 1.54) is 24.3 Å². The fourth-order valence-corrected chi connectivity index (χ4v) is 2.56. The van der Waals surface area contributed by atoms with Gasteiger partial charge in [-0.3, -0.25) is 0 Å². The summed E-state index contributed by atoms with van der Waals surface area (Å²) in [7, 11) is 0.992. The van der Waals surface area contributed by atoms with Crippen molar-refractivity contribution in [1.82, 2.24) is 5.16 Å². The normalized spacial score (nSPS) is 11.7. The summed E-state index contributed by atoms with van der Waals surface area (Å²) in [6.07, 6.45) is 0. The van der Waals surface area contributed by atoms with Crippen LogP contribution in [0, 0.1) is 5.82 Å². The summed E-state index contributed by atoms with van der Waals surface area (Å²) in [5.41, 5.74) is 0.512. The summed E-state index contributed by atoms with van der Waals surface area (Å²) in [4.78, 5) is 0. The zero-order chi connectivity index (χ0) is 12.6. The average Bonchev–Trinajstić information content (AvgIpc) is 2.61. The van der Waals surface area contributed by atoms with Crippen LogP contribution < -0.4 is 0 Å². The Morgan fingerprint density at radius 2 is 1.82 bits per heavy atom. The Labute approximate surface area is 105 Å². The second kappa shape index (κ2) is 4.29. The number of benzene rings is 1. The zero-order valence-electron chi connectivity index (χ0n) is 8.02. The van der Waals surface area contributed by atoms with Gasteiger partial charge in [0.05, 0.1) is 0 Å². The van der Waals surface area contributed by atoms with Crippen LogP contribution in [0.4, 0.5) is 4.39 Å². The van der Waals surface area contributed by atoms with E-state index < -0.39 is 20.0 Å². The Kier molecular flexibility index (Phi) is 3.11. The second-order valence-electron chi connectivity index (χ2n) is 3.08. The molecule has 90 valence electrons. The molecule has 0 aliphatic carbocycles. The number of nitrogens with zero attached hydrogens (tertiary/aromatic N) is 1. The summed E-state index contributed by atoms with van der Waals surface area (Å²) >= 11 is 5.77. The SMILES string of the molecule is O=S(=O)(Cl)c1onc(-c2ccc(F)cc2)c1Cl. The largest absolute Gasteiger partial charge is 0.341 e. The molecule has 0 aliphatic heterocycles. The lowest BCUT2D eigenvalue weighted by Crippen LogP contribution is -1.88. The second-order valence-corrected chi connectivity index (χ2v) is 5.92. The van der Waals surface area contributed by atoms with Crippen LogP contribution in [0.1, 0.15) is 0 Å². The van der Waals surface area contributed by atoms with Crippen LogP contribution in [0.25, 0.3) is 11.3 Å². The Morgan fingerprint density at radius 1 is 1.24 bits per heavy atom. The third kappa shape index (κ3) is 2.43. The summed E-state index contributed by atoms with van der Waals surface area (Å²) in [5.74, 6) is -0.432. The Hall–Kier alpha value is -1.11. The molecule has 8 heteroatoms. The Balaban J connectivity index is 2.55. The number of hydrogen-bond donors (Lipinski definition) is 0. The first-order chi connectivity index (χ1) is 7.89. The van der Waals surface area contributed by atoms with Crippen molar-refractivity contribution in [3.05, 3.63) is 35.1 Å². The van der Waals surface area contributed by atoms with Crippen molar-refractivity contribution in [3.8, 4) is 11.3 Å². The lowest BCUT2D eigenvalue weighted by Gasteiger charge is -1.95. The molecule has 4 nitrogen and oxygen atoms in total. The van der Waals surface area contributed by atoms with E-state index in [-0.39, 0.29) is 10.7 Å². The predicted octanol–water partition coefficient (Wildman–Crippen LogP) is 3.06. The molecule has 0 radical (unpaired) electrons. The van der Waals surface area contributed by atoms with Gasteiger partial charge >= 0.3 is 0 Å². The lowest BCUT2D eigenvalue weighted by atomic mass is 10.1. The van der Waals surface area contributed by atoms with Gasteiger partial charge in [0.15, 0.2) is 0 Å². The number of aromatic nitrogens is 1. The van der Waals surface area contributed by atoms with E-state index in [9.17, 15) is 12.8 Å². The van der Waals surface area contributed by atoms with Gasteiger partial charge in [-0.2, -0.15) is 0 Å². The molecule has 0 N–H and O–H groups in total. The number of hydrogen-bond acceptors (Lipinski definition) is 4. The maximum Gasteiger partial charge on any atom is 0.298 e. The minimum Gasteiger partial charge on any atom is -0.341 e. The van der Waals surface area contributed by atoms with Gasteiger partial charge in [-0.05, 0) is 24.3 Å². The lowest BCUT2D eigenvalue weighted by molar-refractivity contribution is 0.343. The minimum atomic E-state index is -4.09. The smallest absolute Gasteiger partial charge is 0.298 e. The van der Waals surface area contributed by atoms with E-state index in [0.29, 0.717) is 5.56 Å². The Bertz CT molecular complexity index is 651. The standard InChI is InChI=1S/C9H4Cl2FNO3S/c10-7-8(5-1-3-6(12)4-2-5)13-16-9(7)17(11,14)15/h1-4H. The van der Waals surface area contributed by atoms with Crippen LogP contribution in [0.5, 0.6) is 0 Å². The van der Waals surface area contributed by atoms with Crippen molar-refractivity contribution >= 4 is 31.3 Å². The van der Waals surface area contributed by atoms with Crippen LogP contribution in [0.2, 0.25) is 5.02 Å². The highest BCUT2D eigenvalue weighted by Gasteiger charge is 2.25. The molecule has 17 heavy (non-hydrogen) atoms. The first-order valence-electron chi connectivity index (χ1n) is 4.25. The van der Waals surface area contributed by atoms with E-state index in [1.54, 1.807) is 0 Å². The van der Waals surface area contributed by atoms with Gasteiger partial charge in [0.2, 0.25) is 0 Å². The molecule has 2 aromatic rings. The van der Waals surface area contributed by atoms with Crippen LogP contribution in [-0.2, 0) is 9.05 Å². The fraction of sp³-hybridized carbons (Fsp3) is 0. The summed E-state index contributed by atoms with van der Waals surface area (Å²) < 4.78 is 39.3. The molecule has 0 fully saturated rings. The quantitative estimate of drug-likeness (QED) is 0.799. The maximum absolute atomic E-state index is 12.7. The third-order valence-electron chi connectivity index (χ3n) is 1.95. The van der Waals surface area contributed by atoms with Gasteiger partial charge < -0.3 is 4.52 Å². The predicted molar refractivity (Wildman–Crippen MR) is 59.9 cm³/mol. The number of rotatable bonds is 2. The third-order valence-corrected chi connectivity index (χ3v) is 3.55. The van der Waals surface area contributed by atoms with Crippen molar-refractivity contribution in [2.45, 2.75) is 5.09 Å². The summed E-state index contributed by atoms with van der Waals surface area (Å²) in [6, 6.07) is 5.16. The van der Waals surface area contributed by atoms with E-state index in [1.807, 2.05) is 0 Å². The van der Waals surface area contributed by atoms with Crippen molar-refractivity contribution < 1.29 is 17.3 Å². The minimum absolute atomic E-state index is 0.0888. The van der Waals surface area contributed by atoms with E-state index in [4.69, 9.17) is 22.3 Å². The van der Waals surface area contributed by atoms with Gasteiger partial charge in [-0.25, -0.2) is 12.8 Å². The zero-order valence-corrected chi connectivity index (χ0v) is 10.4. The monoisotopic (exact) mass is 295 g/mol. The molecule has 2 rings (SSSR count). The first kappa shape index (κ1) is 12.3. The van der Waals surface area contributed by atoms with Crippen molar-refractivity contribution in [2.24, 2.45) is 0 Å². The average molecular weight is 296 g/mol. The topological polar surface area (TPSA) is 60.2 Å². The molecular weight excluding hydrogens is 292 g/mol. The molecular formula is C9H4Cl2FNO3S. The molecule has 1 aromatic carbocycles. The molecule has 1 aromatic heterocycles. The van der Waals surface area contributed by atoms with Crippen LogP contribution in [0.15, 0.2) is 33.9 Å². The van der Waals surface area contributed by atoms with Crippen molar-refractivity contribution in [1.29, 1.82) is 0 Å². The number of halogens is 3. The molecule has 0 amide bonds. The highest BCUT2D eigenvalue weighted by molar-refractivity contribution is 8.13. The fourth-order valence-electron chi connectivity index (χ4n) is 1.20. The van der Waals surface area contributed by atoms with E-state index >= 15 is 0 Å². The highest BCUT2D eigenvalue weighted by atomic mass is 35.7. The van der Waals surface area contributed by atoms with Crippen LogP contribution in [0.3, 0.4) is 0 Å². The molecule has 0 saturated carbocycles. The molecule has 0 saturated heterocycles. The van der Waals surface area contributed by atoms with E-state index in [0.717, 1.165) is 0 Å². The highest BCUT2D eigenvalue weighted by Crippen LogP contribution is 2.34. The molecule has 0 aliphatic rings. The summed E-state index contributed by atoms with van der Waals surface area (Å²) in [5, 5.41) is 2.63. The van der Waals surface area contributed by atoms with Gasteiger partial charge in [-0.1, -0.05) is 16.8 Å². The van der Waals surface area contributed by atoms with Gasteiger partial charge in [0, 0.05) is 16.2 Å². The van der Waals surface area contributed by atoms with Gasteiger partial charge in [0.1, 0.15) is 16.5 Å². The maximum atomic E-state index is 12.7. The van der Waals surface area contributed by atoms with Gasteiger partial charge in [-0.15, -0.1) is 0 Å². The van der Waals surface area contributed by atoms with Gasteiger partial charge in [0.25, 0.3) is 14.1 Å². The van der Waals surface area contributed by atoms with Crippen LogP contribution >= 0.6 is 22.3 Å². The first-order valence-corrected chi connectivity index (χ1v) is 6.94. The van der Waals surface area contributed by atoms with Crippen LogP contribution in [-0.4, -0.2) is 13.6 Å². The van der Waals surface area contributed by atoms with E-state index in [2.05, 4.69) is 9.68 Å². The molecule has 0 bridgehead atoms. The molecule has 0 atom stereocenters. The van der Waals surface area contributed by atoms with Crippen molar-refractivity contribution in [3.63, 3.8) is 0 Å². The molecule has 0 unspecified atom stereocenters. The summed E-state index contributed by atoms with van der Waals surface area (Å²) in [6.45, 7) is 0. The molecule has 1 heterocycles. The molecule has 0 spiro atoms. The Morgan fingerprint density at radius 3 is 2.29 bits per heavy atom. The van der Waals surface area contributed by atoms with Crippen molar-refractivity contribution in [2.75, 3.05) is 0 Å².